The minimum absolute atomic E-state index is 1.01. The molecule has 0 amide bonds. The number of para-hydroxylation sites is 1. The molecule has 0 radical (unpaired) electrons. The summed E-state index contributed by atoms with van der Waals surface area (Å²) < 4.78 is 1.22. The van der Waals surface area contributed by atoms with Gasteiger partial charge in [-0.1, -0.05) is 32.4 Å². The second-order valence-electron chi connectivity index (χ2n) is 4.47. The molecule has 0 aliphatic heterocycles. The molecule has 0 fully saturated rings. The fraction of sp³-hybridized carbons (Fsp3) is 0.400. The van der Waals surface area contributed by atoms with Crippen LogP contribution in [0, 0.1) is 3.57 Å². The smallest absolute Gasteiger partial charge is 0.0859 e. The summed E-state index contributed by atoms with van der Waals surface area (Å²) in [5.74, 6) is 0. The van der Waals surface area contributed by atoms with E-state index in [1.807, 2.05) is 0 Å². The average molecular weight is 354 g/mol. The van der Waals surface area contributed by atoms with Gasteiger partial charge in [0.25, 0.3) is 0 Å². The van der Waals surface area contributed by atoms with Gasteiger partial charge in [0.15, 0.2) is 0 Å². The van der Waals surface area contributed by atoms with Crippen molar-refractivity contribution in [3.8, 4) is 0 Å². The molecule has 0 saturated heterocycles. The summed E-state index contributed by atoms with van der Waals surface area (Å²) >= 11 is 2.37. The van der Waals surface area contributed by atoms with Gasteiger partial charge in [-0.3, -0.25) is 4.98 Å². The van der Waals surface area contributed by atoms with Crippen LogP contribution >= 0.6 is 22.6 Å². The predicted octanol–water partition coefficient (Wildman–Crippen LogP) is 4.61. The van der Waals surface area contributed by atoms with Crippen LogP contribution in [-0.2, 0) is 6.42 Å². The second kappa shape index (κ2) is 6.36. The molecule has 0 unspecified atom stereocenters. The highest BCUT2D eigenvalue weighted by Crippen LogP contribution is 2.27. The Bertz CT molecular complexity index is 537. The van der Waals surface area contributed by atoms with E-state index in [0.717, 1.165) is 31.3 Å². The minimum Gasteiger partial charge on any atom is -0.384 e. The van der Waals surface area contributed by atoms with Crippen molar-refractivity contribution in [3.05, 3.63) is 33.5 Å². The van der Waals surface area contributed by atoms with E-state index >= 15 is 0 Å². The van der Waals surface area contributed by atoms with E-state index in [0.29, 0.717) is 0 Å². The van der Waals surface area contributed by atoms with Gasteiger partial charge in [0, 0.05) is 26.9 Å². The van der Waals surface area contributed by atoms with E-state index in [9.17, 15) is 0 Å². The molecule has 0 bridgehead atoms. The second-order valence-corrected chi connectivity index (χ2v) is 5.64. The number of nitrogens with zero attached hydrogens (tertiary/aromatic N) is 1. The molecule has 0 aliphatic rings. The summed E-state index contributed by atoms with van der Waals surface area (Å²) in [6.45, 7) is 5.39. The fourth-order valence-electron chi connectivity index (χ4n) is 2.06. The molecule has 0 aliphatic carbocycles. The molecule has 3 heteroatoms. The van der Waals surface area contributed by atoms with Crippen LogP contribution in [0.1, 0.15) is 32.4 Å². The fourth-order valence-corrected chi connectivity index (χ4v) is 2.68. The molecule has 2 aromatic rings. The first-order valence-corrected chi connectivity index (χ1v) is 7.66. The Morgan fingerprint density at radius 3 is 2.78 bits per heavy atom. The van der Waals surface area contributed by atoms with Crippen LogP contribution in [0.4, 0.5) is 5.69 Å². The van der Waals surface area contributed by atoms with Gasteiger partial charge in [-0.2, -0.15) is 0 Å². The largest absolute Gasteiger partial charge is 0.384 e. The van der Waals surface area contributed by atoms with Crippen molar-refractivity contribution in [2.24, 2.45) is 0 Å². The minimum atomic E-state index is 1.01. The number of benzene rings is 1. The molecule has 2 rings (SSSR count). The first-order valence-electron chi connectivity index (χ1n) is 6.58. The highest BCUT2D eigenvalue weighted by atomic mass is 127. The van der Waals surface area contributed by atoms with Crippen molar-refractivity contribution >= 4 is 39.2 Å². The Labute approximate surface area is 122 Å². The summed E-state index contributed by atoms with van der Waals surface area (Å²) in [4.78, 5) is 4.79. The molecule has 18 heavy (non-hydrogen) atoms. The highest BCUT2D eigenvalue weighted by Gasteiger charge is 2.07. The molecule has 1 aromatic carbocycles. The topological polar surface area (TPSA) is 24.9 Å². The molecule has 1 N–H and O–H groups in total. The lowest BCUT2D eigenvalue weighted by Crippen LogP contribution is -2.03. The van der Waals surface area contributed by atoms with Gasteiger partial charge >= 0.3 is 0 Å². The molecular formula is C15H19IN2. The summed E-state index contributed by atoms with van der Waals surface area (Å²) in [6.07, 6.45) is 3.31. The maximum Gasteiger partial charge on any atom is 0.0859 e. The lowest BCUT2D eigenvalue weighted by Gasteiger charge is -2.12. The molecule has 1 heterocycles. The van der Waals surface area contributed by atoms with Crippen LogP contribution in [0.2, 0.25) is 0 Å². The van der Waals surface area contributed by atoms with Crippen molar-refractivity contribution in [2.75, 3.05) is 11.9 Å². The van der Waals surface area contributed by atoms with Crippen molar-refractivity contribution in [3.63, 3.8) is 0 Å². The molecule has 0 saturated carbocycles. The van der Waals surface area contributed by atoms with E-state index in [4.69, 9.17) is 4.98 Å². The van der Waals surface area contributed by atoms with Gasteiger partial charge < -0.3 is 5.32 Å². The molecule has 0 atom stereocenters. The van der Waals surface area contributed by atoms with E-state index < -0.39 is 0 Å². The lowest BCUT2D eigenvalue weighted by atomic mass is 10.1. The van der Waals surface area contributed by atoms with Crippen LogP contribution in [0.15, 0.2) is 24.3 Å². The molecule has 1 aromatic heterocycles. The molecule has 0 spiro atoms. The van der Waals surface area contributed by atoms with E-state index in [1.165, 1.54) is 20.3 Å². The Balaban J connectivity index is 2.53. The summed E-state index contributed by atoms with van der Waals surface area (Å²) in [5.41, 5.74) is 3.54. The average Bonchev–Trinajstić information content (AvgIpc) is 2.37. The maximum absolute atomic E-state index is 4.79. The lowest BCUT2D eigenvalue weighted by molar-refractivity contribution is 0.888. The van der Waals surface area contributed by atoms with Gasteiger partial charge in [0.1, 0.15) is 0 Å². The third-order valence-corrected chi connectivity index (χ3v) is 3.79. The number of anilines is 1. The summed E-state index contributed by atoms with van der Waals surface area (Å²) in [7, 11) is 0. The van der Waals surface area contributed by atoms with Crippen LogP contribution in [0.25, 0.3) is 10.9 Å². The number of fused-ring (bicyclic) bond motifs is 1. The van der Waals surface area contributed by atoms with E-state index in [2.05, 4.69) is 66.0 Å². The maximum atomic E-state index is 4.79. The van der Waals surface area contributed by atoms with Crippen LogP contribution in [-0.4, -0.2) is 11.5 Å². The van der Waals surface area contributed by atoms with Crippen molar-refractivity contribution in [1.29, 1.82) is 0 Å². The van der Waals surface area contributed by atoms with Crippen LogP contribution in [0.5, 0.6) is 0 Å². The van der Waals surface area contributed by atoms with Crippen LogP contribution in [0.3, 0.4) is 0 Å². The number of halogens is 1. The van der Waals surface area contributed by atoms with Gasteiger partial charge in [0.05, 0.1) is 5.52 Å². The Morgan fingerprint density at radius 1 is 1.22 bits per heavy atom. The number of pyridine rings is 1. The molecule has 96 valence electrons. The molecule has 2 nitrogen and oxygen atoms in total. The number of nitrogens with one attached hydrogen (secondary N) is 1. The van der Waals surface area contributed by atoms with Gasteiger partial charge in [-0.15, -0.1) is 0 Å². The number of rotatable bonds is 5. The van der Waals surface area contributed by atoms with E-state index in [1.54, 1.807) is 0 Å². The third-order valence-electron chi connectivity index (χ3n) is 2.91. The SMILES string of the molecule is CCCNc1cc(CCC)nc2c(I)cccc12. The van der Waals surface area contributed by atoms with Gasteiger partial charge in [-0.25, -0.2) is 0 Å². The third kappa shape index (κ3) is 2.94. The standard InChI is InChI=1S/C15H19IN2/c1-3-6-11-10-14(17-9-4-2)12-7-5-8-13(16)15(12)18-11/h5,7-8,10H,3-4,6,9H2,1-2H3,(H,17,18). The first kappa shape index (κ1) is 13.6. The van der Waals surface area contributed by atoms with Crippen molar-refractivity contribution < 1.29 is 0 Å². The normalized spacial score (nSPS) is 10.8. The zero-order valence-corrected chi connectivity index (χ0v) is 13.1. The predicted molar refractivity (Wildman–Crippen MR) is 87.2 cm³/mol. The van der Waals surface area contributed by atoms with E-state index in [-0.39, 0.29) is 0 Å². The summed E-state index contributed by atoms with van der Waals surface area (Å²) in [5, 5.41) is 4.75. The van der Waals surface area contributed by atoms with Gasteiger partial charge in [0.2, 0.25) is 0 Å². The quantitative estimate of drug-likeness (QED) is 0.793. The monoisotopic (exact) mass is 354 g/mol. The van der Waals surface area contributed by atoms with Gasteiger partial charge in [-0.05, 0) is 47.6 Å². The number of hydrogen-bond acceptors (Lipinski definition) is 2. The van der Waals surface area contributed by atoms with Crippen molar-refractivity contribution in [1.82, 2.24) is 4.98 Å². The Hall–Kier alpha value is -0.840. The Morgan fingerprint density at radius 2 is 2.06 bits per heavy atom. The highest BCUT2D eigenvalue weighted by molar-refractivity contribution is 14.1. The Kier molecular flexibility index (Phi) is 4.80. The number of aryl methyl sites for hydroxylation is 1. The zero-order valence-electron chi connectivity index (χ0n) is 11.0. The first-order chi connectivity index (χ1) is 8.76. The number of aromatic nitrogens is 1. The number of hydrogen-bond donors (Lipinski definition) is 1. The summed E-state index contributed by atoms with van der Waals surface area (Å²) in [6, 6.07) is 8.58. The van der Waals surface area contributed by atoms with Crippen molar-refractivity contribution in [2.45, 2.75) is 33.1 Å². The van der Waals surface area contributed by atoms with Crippen LogP contribution < -0.4 is 5.32 Å². The molecular weight excluding hydrogens is 335 g/mol. The zero-order chi connectivity index (χ0) is 13.0.